The lowest BCUT2D eigenvalue weighted by Crippen LogP contribution is -2.21. The van der Waals surface area contributed by atoms with Crippen LogP contribution in [0.1, 0.15) is 37.8 Å². The van der Waals surface area contributed by atoms with Crippen molar-refractivity contribution < 1.29 is 0 Å². The summed E-state index contributed by atoms with van der Waals surface area (Å²) in [5.41, 5.74) is 1.13. The minimum Gasteiger partial charge on any atom is -0.353 e. The van der Waals surface area contributed by atoms with Gasteiger partial charge in [-0.2, -0.15) is 0 Å². The third kappa shape index (κ3) is 3.11. The Labute approximate surface area is 116 Å². The van der Waals surface area contributed by atoms with E-state index in [4.69, 9.17) is 0 Å². The van der Waals surface area contributed by atoms with Gasteiger partial charge in [0.1, 0.15) is 0 Å². The topological polar surface area (TPSA) is 33.1 Å². The molecule has 2 fully saturated rings. The molecule has 1 saturated carbocycles. The van der Waals surface area contributed by atoms with Gasteiger partial charge in [-0.05, 0) is 45.7 Å². The zero-order valence-corrected chi connectivity index (χ0v) is 12.2. The van der Waals surface area contributed by atoms with Crippen LogP contribution in [0.5, 0.6) is 0 Å². The van der Waals surface area contributed by atoms with E-state index < -0.39 is 0 Å². The van der Waals surface area contributed by atoms with Crippen molar-refractivity contribution in [3.05, 3.63) is 11.9 Å². The molecule has 4 heteroatoms. The molecular formula is C15H26N4. The highest BCUT2D eigenvalue weighted by molar-refractivity contribution is 5.30. The quantitative estimate of drug-likeness (QED) is 0.905. The molecule has 1 aliphatic heterocycles. The van der Waals surface area contributed by atoms with Crippen molar-refractivity contribution in [3.8, 4) is 0 Å². The molecule has 3 rings (SSSR count). The third-order valence-corrected chi connectivity index (χ3v) is 4.53. The molecule has 0 amide bonds. The second-order valence-corrected chi connectivity index (χ2v) is 6.40. The lowest BCUT2D eigenvalue weighted by molar-refractivity contribution is 0.378. The number of nitrogens with one attached hydrogen (secondary N) is 1. The van der Waals surface area contributed by atoms with Gasteiger partial charge < -0.3 is 14.8 Å². The van der Waals surface area contributed by atoms with E-state index in [2.05, 4.69) is 39.9 Å². The van der Waals surface area contributed by atoms with Crippen molar-refractivity contribution in [3.63, 3.8) is 0 Å². The minimum absolute atomic E-state index is 0.645. The Morgan fingerprint density at radius 2 is 2.11 bits per heavy atom. The van der Waals surface area contributed by atoms with Gasteiger partial charge in [0.15, 0.2) is 0 Å². The van der Waals surface area contributed by atoms with E-state index in [0.717, 1.165) is 24.1 Å². The maximum Gasteiger partial charge on any atom is 0.203 e. The predicted molar refractivity (Wildman–Crippen MR) is 78.4 cm³/mol. The van der Waals surface area contributed by atoms with Crippen LogP contribution in [0, 0.1) is 12.8 Å². The molecule has 1 atom stereocenters. The Balaban J connectivity index is 1.66. The fraction of sp³-hybridized carbons (Fsp3) is 0.800. The second kappa shape index (κ2) is 5.53. The van der Waals surface area contributed by atoms with Gasteiger partial charge >= 0.3 is 0 Å². The van der Waals surface area contributed by atoms with Gasteiger partial charge in [-0.15, -0.1) is 0 Å². The molecule has 1 aromatic rings. The molecule has 1 N–H and O–H groups in total. The lowest BCUT2D eigenvalue weighted by Gasteiger charge is -2.17. The number of likely N-dealkylation sites (tertiary alicyclic amines) is 1. The largest absolute Gasteiger partial charge is 0.353 e. The van der Waals surface area contributed by atoms with Crippen molar-refractivity contribution in [2.24, 2.45) is 5.92 Å². The summed E-state index contributed by atoms with van der Waals surface area (Å²) < 4.78 is 2.34. The van der Waals surface area contributed by atoms with Crippen LogP contribution in [0.25, 0.3) is 0 Å². The molecule has 0 bridgehead atoms. The van der Waals surface area contributed by atoms with E-state index in [0.29, 0.717) is 6.04 Å². The maximum atomic E-state index is 4.67. The average Bonchev–Trinajstić information content (AvgIpc) is 3.05. The highest BCUT2D eigenvalue weighted by atomic mass is 15.2. The standard InChI is InChI=1S/C15H26N4/c1-12-9-19(11-13-7-8-18(2)10-13)15(16-12)17-14-5-3-4-6-14/h9,13-14H,3-8,10-11H2,1-2H3,(H,16,17). The molecule has 106 valence electrons. The van der Waals surface area contributed by atoms with Gasteiger partial charge in [-0.25, -0.2) is 4.98 Å². The van der Waals surface area contributed by atoms with E-state index in [1.807, 2.05) is 0 Å². The summed E-state index contributed by atoms with van der Waals surface area (Å²) in [7, 11) is 2.22. The number of aromatic nitrogens is 2. The Morgan fingerprint density at radius 1 is 1.32 bits per heavy atom. The van der Waals surface area contributed by atoms with Crippen LogP contribution in [0.15, 0.2) is 6.20 Å². The zero-order valence-electron chi connectivity index (χ0n) is 12.2. The van der Waals surface area contributed by atoms with Gasteiger partial charge in [-0.1, -0.05) is 12.8 Å². The van der Waals surface area contributed by atoms with E-state index in [1.54, 1.807) is 0 Å². The second-order valence-electron chi connectivity index (χ2n) is 6.40. The van der Waals surface area contributed by atoms with E-state index in [1.165, 1.54) is 45.2 Å². The Morgan fingerprint density at radius 3 is 2.79 bits per heavy atom. The number of anilines is 1. The highest BCUT2D eigenvalue weighted by Crippen LogP contribution is 2.24. The number of hydrogen-bond donors (Lipinski definition) is 1. The summed E-state index contributed by atoms with van der Waals surface area (Å²) >= 11 is 0. The minimum atomic E-state index is 0.645. The highest BCUT2D eigenvalue weighted by Gasteiger charge is 2.22. The number of aryl methyl sites for hydroxylation is 1. The molecule has 4 nitrogen and oxygen atoms in total. The lowest BCUT2D eigenvalue weighted by atomic mass is 10.1. The first-order valence-corrected chi connectivity index (χ1v) is 7.69. The number of hydrogen-bond acceptors (Lipinski definition) is 3. The van der Waals surface area contributed by atoms with Crippen LogP contribution in [0.2, 0.25) is 0 Å². The summed E-state index contributed by atoms with van der Waals surface area (Å²) in [5, 5.41) is 3.65. The third-order valence-electron chi connectivity index (χ3n) is 4.53. The van der Waals surface area contributed by atoms with Crippen LogP contribution >= 0.6 is 0 Å². The fourth-order valence-corrected chi connectivity index (χ4v) is 3.51. The Kier molecular flexibility index (Phi) is 3.78. The molecule has 2 heterocycles. The number of rotatable bonds is 4. The van der Waals surface area contributed by atoms with E-state index >= 15 is 0 Å². The summed E-state index contributed by atoms with van der Waals surface area (Å²) in [6.07, 6.45) is 8.86. The van der Waals surface area contributed by atoms with Crippen molar-refractivity contribution in [2.75, 3.05) is 25.5 Å². The molecular weight excluding hydrogens is 236 g/mol. The van der Waals surface area contributed by atoms with Gasteiger partial charge in [0, 0.05) is 25.3 Å². The molecule has 1 unspecified atom stereocenters. The first-order chi connectivity index (χ1) is 9.20. The summed E-state index contributed by atoms with van der Waals surface area (Å²) in [5.74, 6) is 1.88. The van der Waals surface area contributed by atoms with Crippen LogP contribution in [0.3, 0.4) is 0 Å². The summed E-state index contributed by atoms with van der Waals surface area (Å²) in [4.78, 5) is 7.10. The summed E-state index contributed by atoms with van der Waals surface area (Å²) in [6.45, 7) is 5.67. The van der Waals surface area contributed by atoms with Crippen molar-refractivity contribution in [1.29, 1.82) is 0 Å². The first-order valence-electron chi connectivity index (χ1n) is 7.69. The van der Waals surface area contributed by atoms with Gasteiger partial charge in [0.05, 0.1) is 5.69 Å². The zero-order chi connectivity index (χ0) is 13.2. The van der Waals surface area contributed by atoms with Crippen molar-refractivity contribution >= 4 is 5.95 Å². The van der Waals surface area contributed by atoms with E-state index in [9.17, 15) is 0 Å². The molecule has 1 saturated heterocycles. The van der Waals surface area contributed by atoms with Crippen molar-refractivity contribution in [2.45, 2.75) is 51.6 Å². The molecule has 0 radical (unpaired) electrons. The van der Waals surface area contributed by atoms with Gasteiger partial charge in [0.25, 0.3) is 0 Å². The fourth-order valence-electron chi connectivity index (χ4n) is 3.51. The molecule has 2 aliphatic rings. The molecule has 1 aromatic heterocycles. The normalized spacial score (nSPS) is 25.3. The van der Waals surface area contributed by atoms with Crippen molar-refractivity contribution in [1.82, 2.24) is 14.5 Å². The average molecular weight is 262 g/mol. The Hall–Kier alpha value is -1.03. The van der Waals surface area contributed by atoms with Crippen LogP contribution in [0.4, 0.5) is 5.95 Å². The predicted octanol–water partition coefficient (Wildman–Crippen LogP) is 2.50. The smallest absolute Gasteiger partial charge is 0.203 e. The molecule has 1 aliphatic carbocycles. The summed E-state index contributed by atoms with van der Waals surface area (Å²) in [6, 6.07) is 0.645. The van der Waals surface area contributed by atoms with E-state index in [-0.39, 0.29) is 0 Å². The van der Waals surface area contributed by atoms with Crippen LogP contribution < -0.4 is 5.32 Å². The monoisotopic (exact) mass is 262 g/mol. The molecule has 19 heavy (non-hydrogen) atoms. The van der Waals surface area contributed by atoms with Crippen LogP contribution in [-0.4, -0.2) is 40.6 Å². The Bertz CT molecular complexity index is 420. The van der Waals surface area contributed by atoms with Gasteiger partial charge in [0.2, 0.25) is 5.95 Å². The number of nitrogens with zero attached hydrogens (tertiary/aromatic N) is 3. The maximum absolute atomic E-state index is 4.67. The first kappa shape index (κ1) is 13.0. The molecule has 0 spiro atoms. The van der Waals surface area contributed by atoms with Gasteiger partial charge in [-0.3, -0.25) is 0 Å². The van der Waals surface area contributed by atoms with Crippen LogP contribution in [-0.2, 0) is 6.54 Å². The number of imidazole rings is 1. The SMILES string of the molecule is Cc1cn(CC2CCN(C)C2)c(NC2CCCC2)n1. The molecule has 0 aromatic carbocycles.